The fourth-order valence-corrected chi connectivity index (χ4v) is 3.01. The number of hydrogen-bond donors (Lipinski definition) is 0. The first-order valence-corrected chi connectivity index (χ1v) is 6.62. The van der Waals surface area contributed by atoms with Crippen molar-refractivity contribution in [1.29, 1.82) is 0 Å². The van der Waals surface area contributed by atoms with Gasteiger partial charge in [0.1, 0.15) is 10.3 Å². The van der Waals surface area contributed by atoms with Crippen molar-refractivity contribution in [1.82, 2.24) is 10.2 Å². The summed E-state index contributed by atoms with van der Waals surface area (Å²) in [6.45, 7) is 8.07. The number of nitrogens with zero attached hydrogens (tertiary/aromatic N) is 2. The Hall–Kier alpha value is -0.620. The summed E-state index contributed by atoms with van der Waals surface area (Å²) >= 11 is 2.91. The number of carbonyl (C=O) groups excluding carboxylic acids is 1. The van der Waals surface area contributed by atoms with Crippen LogP contribution in [0.25, 0.3) is 0 Å². The smallest absolute Gasteiger partial charge is 0.318 e. The maximum Gasteiger partial charge on any atom is 0.318 e. The Morgan fingerprint density at radius 3 is 2.50 bits per heavy atom. The minimum atomic E-state index is -0.245. The lowest BCUT2D eigenvalue weighted by molar-refractivity contribution is -0.139. The standard InChI is InChI=1S/C10H16N2O2S2/c1-6(7(13)14-5)15-9-12-11-8(16-9)10(2,3)4/h6H,1-5H3. The molecule has 0 saturated heterocycles. The largest absolute Gasteiger partial charge is 0.468 e. The van der Waals surface area contributed by atoms with Crippen LogP contribution in [0, 0.1) is 0 Å². The molecule has 0 N–H and O–H groups in total. The fraction of sp³-hybridized carbons (Fsp3) is 0.700. The number of aromatic nitrogens is 2. The Morgan fingerprint density at radius 1 is 1.44 bits per heavy atom. The first kappa shape index (κ1) is 13.4. The van der Waals surface area contributed by atoms with Crippen molar-refractivity contribution in [2.75, 3.05) is 7.11 Å². The van der Waals surface area contributed by atoms with E-state index in [4.69, 9.17) is 0 Å². The molecule has 0 fully saturated rings. The van der Waals surface area contributed by atoms with E-state index in [1.807, 2.05) is 0 Å². The van der Waals surface area contributed by atoms with Crippen LogP contribution in [-0.2, 0) is 14.9 Å². The summed E-state index contributed by atoms with van der Waals surface area (Å²) in [6, 6.07) is 0. The second-order valence-corrected chi connectivity index (χ2v) is 6.97. The molecule has 1 aromatic heterocycles. The molecule has 0 spiro atoms. The van der Waals surface area contributed by atoms with Crippen LogP contribution in [0.3, 0.4) is 0 Å². The van der Waals surface area contributed by atoms with E-state index in [2.05, 4.69) is 35.7 Å². The number of esters is 1. The maximum absolute atomic E-state index is 11.2. The second kappa shape index (κ2) is 5.14. The second-order valence-electron chi connectivity index (χ2n) is 4.41. The van der Waals surface area contributed by atoms with Gasteiger partial charge in [-0.1, -0.05) is 43.9 Å². The topological polar surface area (TPSA) is 52.1 Å². The molecule has 90 valence electrons. The highest BCUT2D eigenvalue weighted by Crippen LogP contribution is 2.32. The molecule has 0 aromatic carbocycles. The molecular formula is C10H16N2O2S2. The van der Waals surface area contributed by atoms with Gasteiger partial charge in [0.2, 0.25) is 0 Å². The molecule has 0 aliphatic heterocycles. The van der Waals surface area contributed by atoms with Gasteiger partial charge >= 0.3 is 5.97 Å². The third-order valence-electron chi connectivity index (χ3n) is 1.86. The zero-order valence-corrected chi connectivity index (χ0v) is 11.7. The minimum Gasteiger partial charge on any atom is -0.468 e. The third-order valence-corrected chi connectivity index (χ3v) is 4.37. The third kappa shape index (κ3) is 3.45. The van der Waals surface area contributed by atoms with Crippen LogP contribution in [0.5, 0.6) is 0 Å². The van der Waals surface area contributed by atoms with Gasteiger partial charge in [0.05, 0.1) is 7.11 Å². The Kier molecular flexibility index (Phi) is 4.32. The molecule has 0 amide bonds. The van der Waals surface area contributed by atoms with Gasteiger partial charge < -0.3 is 4.74 Å². The van der Waals surface area contributed by atoms with Crippen molar-refractivity contribution in [3.8, 4) is 0 Å². The summed E-state index contributed by atoms with van der Waals surface area (Å²) in [5, 5.41) is 8.92. The van der Waals surface area contributed by atoms with Crippen LogP contribution in [0.15, 0.2) is 4.34 Å². The average Bonchev–Trinajstić information content (AvgIpc) is 2.64. The van der Waals surface area contributed by atoms with E-state index in [1.165, 1.54) is 30.2 Å². The molecule has 0 aliphatic carbocycles. The molecular weight excluding hydrogens is 244 g/mol. The Bertz CT molecular complexity index is 371. The van der Waals surface area contributed by atoms with Crippen molar-refractivity contribution in [2.24, 2.45) is 0 Å². The predicted molar refractivity (Wildman–Crippen MR) is 65.9 cm³/mol. The van der Waals surface area contributed by atoms with Gasteiger partial charge in [-0.05, 0) is 6.92 Å². The highest BCUT2D eigenvalue weighted by atomic mass is 32.2. The van der Waals surface area contributed by atoms with E-state index in [0.29, 0.717) is 0 Å². The molecule has 0 radical (unpaired) electrons. The lowest BCUT2D eigenvalue weighted by Gasteiger charge is -2.12. The number of methoxy groups -OCH3 is 1. The average molecular weight is 260 g/mol. The lowest BCUT2D eigenvalue weighted by Crippen LogP contribution is -2.14. The summed E-state index contributed by atoms with van der Waals surface area (Å²) in [5.74, 6) is -0.238. The van der Waals surface area contributed by atoms with Gasteiger partial charge in [-0.2, -0.15) is 0 Å². The van der Waals surface area contributed by atoms with Crippen LogP contribution in [-0.4, -0.2) is 28.5 Å². The van der Waals surface area contributed by atoms with Gasteiger partial charge in [0.15, 0.2) is 4.34 Å². The Morgan fingerprint density at radius 2 is 2.06 bits per heavy atom. The van der Waals surface area contributed by atoms with E-state index in [0.717, 1.165) is 9.35 Å². The zero-order valence-electron chi connectivity index (χ0n) is 10.1. The molecule has 1 aromatic rings. The summed E-state index contributed by atoms with van der Waals surface area (Å²) in [6.07, 6.45) is 0. The molecule has 1 heterocycles. The van der Waals surface area contributed by atoms with Crippen molar-refractivity contribution in [3.63, 3.8) is 0 Å². The molecule has 1 unspecified atom stereocenters. The molecule has 1 atom stereocenters. The molecule has 0 aliphatic rings. The molecule has 16 heavy (non-hydrogen) atoms. The minimum absolute atomic E-state index is 0.00494. The quantitative estimate of drug-likeness (QED) is 0.617. The van der Waals surface area contributed by atoms with Gasteiger partial charge in [0, 0.05) is 5.41 Å². The van der Waals surface area contributed by atoms with Crippen LogP contribution in [0.2, 0.25) is 0 Å². The Balaban J connectivity index is 2.69. The van der Waals surface area contributed by atoms with Gasteiger partial charge in [-0.25, -0.2) is 0 Å². The van der Waals surface area contributed by atoms with Crippen molar-refractivity contribution >= 4 is 29.1 Å². The van der Waals surface area contributed by atoms with Crippen LogP contribution in [0.4, 0.5) is 0 Å². The maximum atomic E-state index is 11.2. The Labute approximate surface area is 104 Å². The number of ether oxygens (including phenoxy) is 1. The van der Waals surface area contributed by atoms with Crippen molar-refractivity contribution in [2.45, 2.75) is 42.7 Å². The lowest BCUT2D eigenvalue weighted by atomic mass is 9.98. The van der Waals surface area contributed by atoms with Crippen LogP contribution >= 0.6 is 23.1 Å². The van der Waals surface area contributed by atoms with Crippen LogP contribution in [0.1, 0.15) is 32.7 Å². The highest BCUT2D eigenvalue weighted by molar-refractivity contribution is 8.02. The monoisotopic (exact) mass is 260 g/mol. The predicted octanol–water partition coefficient (Wildman–Crippen LogP) is 2.49. The number of thioether (sulfide) groups is 1. The number of carbonyl (C=O) groups is 1. The normalized spacial score (nSPS) is 13.6. The van der Waals surface area contributed by atoms with E-state index < -0.39 is 0 Å². The van der Waals surface area contributed by atoms with E-state index in [-0.39, 0.29) is 16.6 Å². The number of rotatable bonds is 3. The summed E-state index contributed by atoms with van der Waals surface area (Å²) in [5.41, 5.74) is 0.00494. The zero-order chi connectivity index (χ0) is 12.3. The summed E-state index contributed by atoms with van der Waals surface area (Å²) < 4.78 is 5.46. The van der Waals surface area contributed by atoms with E-state index in [9.17, 15) is 4.79 Å². The van der Waals surface area contributed by atoms with Crippen molar-refractivity contribution < 1.29 is 9.53 Å². The molecule has 0 bridgehead atoms. The molecule has 1 rings (SSSR count). The summed E-state index contributed by atoms with van der Waals surface area (Å²) in [4.78, 5) is 11.2. The first-order valence-electron chi connectivity index (χ1n) is 4.93. The highest BCUT2D eigenvalue weighted by Gasteiger charge is 2.22. The first-order chi connectivity index (χ1) is 7.34. The SMILES string of the molecule is COC(=O)C(C)Sc1nnc(C(C)(C)C)s1. The molecule has 4 nitrogen and oxygen atoms in total. The van der Waals surface area contributed by atoms with E-state index in [1.54, 1.807) is 6.92 Å². The van der Waals surface area contributed by atoms with Crippen molar-refractivity contribution in [3.05, 3.63) is 5.01 Å². The van der Waals surface area contributed by atoms with Crippen LogP contribution < -0.4 is 0 Å². The van der Waals surface area contributed by atoms with Gasteiger partial charge in [-0.15, -0.1) is 10.2 Å². The van der Waals surface area contributed by atoms with Gasteiger partial charge in [0.25, 0.3) is 0 Å². The summed E-state index contributed by atoms with van der Waals surface area (Å²) in [7, 11) is 1.39. The van der Waals surface area contributed by atoms with Gasteiger partial charge in [-0.3, -0.25) is 4.79 Å². The number of hydrogen-bond acceptors (Lipinski definition) is 6. The molecule has 0 saturated carbocycles. The molecule has 6 heteroatoms. The fourth-order valence-electron chi connectivity index (χ4n) is 0.926. The van der Waals surface area contributed by atoms with E-state index >= 15 is 0 Å².